The van der Waals surface area contributed by atoms with Gasteiger partial charge in [0.05, 0.1) is 0 Å². The molecular formula is C21H20N2O2. The van der Waals surface area contributed by atoms with Crippen molar-refractivity contribution in [2.24, 2.45) is 15.4 Å². The first-order valence-electron chi connectivity index (χ1n) is 8.87. The fraction of sp³-hybridized carbons (Fsp3) is 0.333. The van der Waals surface area contributed by atoms with E-state index in [1.54, 1.807) is 0 Å². The molecule has 2 aliphatic heterocycles. The second-order valence-electron chi connectivity index (χ2n) is 6.93. The molecule has 1 aliphatic carbocycles. The molecule has 0 radical (unpaired) electrons. The van der Waals surface area contributed by atoms with E-state index < -0.39 is 0 Å². The summed E-state index contributed by atoms with van der Waals surface area (Å²) in [6.07, 6.45) is 2.02. The van der Waals surface area contributed by atoms with Crippen LogP contribution in [0.4, 0.5) is 0 Å². The molecule has 3 aliphatic rings. The zero-order chi connectivity index (χ0) is 16.7. The van der Waals surface area contributed by atoms with Gasteiger partial charge in [0.1, 0.15) is 30.7 Å². The number of ether oxygens (including phenoxy) is 2. The lowest BCUT2D eigenvalue weighted by Crippen LogP contribution is -2.26. The molecule has 2 aromatic carbocycles. The third-order valence-corrected chi connectivity index (χ3v) is 5.24. The molecule has 5 rings (SSSR count). The molecule has 4 heteroatoms. The Labute approximate surface area is 147 Å². The molecule has 0 N–H and O–H groups in total. The Bertz CT molecular complexity index is 758. The van der Waals surface area contributed by atoms with Crippen molar-refractivity contribution in [2.75, 3.05) is 13.2 Å². The molecule has 0 bridgehead atoms. The summed E-state index contributed by atoms with van der Waals surface area (Å²) in [6.45, 7) is 1.22. The second-order valence-corrected chi connectivity index (χ2v) is 6.93. The van der Waals surface area contributed by atoms with Gasteiger partial charge in [0.25, 0.3) is 0 Å². The molecule has 25 heavy (non-hydrogen) atoms. The van der Waals surface area contributed by atoms with E-state index in [9.17, 15) is 0 Å². The predicted molar refractivity (Wildman–Crippen MR) is 96.8 cm³/mol. The first kappa shape index (κ1) is 14.7. The Balaban J connectivity index is 1.39. The standard InChI is InChI=1S/C21H20N2O2/c1-3-7-15(8-4-1)17-13-24-19(22-17)21(11-12-21)20-23-18(14-25-20)16-9-5-2-6-10-16/h1-10,17-18H,11-14H2. The van der Waals surface area contributed by atoms with Gasteiger partial charge in [0.2, 0.25) is 0 Å². The number of nitrogens with zero attached hydrogens (tertiary/aromatic N) is 2. The summed E-state index contributed by atoms with van der Waals surface area (Å²) in [5.74, 6) is 1.63. The lowest BCUT2D eigenvalue weighted by molar-refractivity contribution is 0.280. The molecule has 1 saturated carbocycles. The quantitative estimate of drug-likeness (QED) is 0.846. The Kier molecular flexibility index (Phi) is 3.37. The molecular weight excluding hydrogens is 312 g/mol. The van der Waals surface area contributed by atoms with Gasteiger partial charge in [-0.05, 0) is 24.0 Å². The number of benzene rings is 2. The van der Waals surface area contributed by atoms with Crippen LogP contribution in [-0.4, -0.2) is 25.0 Å². The van der Waals surface area contributed by atoms with Crippen LogP contribution >= 0.6 is 0 Å². The minimum Gasteiger partial charge on any atom is -0.478 e. The van der Waals surface area contributed by atoms with E-state index in [4.69, 9.17) is 19.5 Å². The first-order chi connectivity index (χ1) is 12.4. The van der Waals surface area contributed by atoms with E-state index >= 15 is 0 Å². The van der Waals surface area contributed by atoms with Crippen LogP contribution in [-0.2, 0) is 9.47 Å². The monoisotopic (exact) mass is 332 g/mol. The van der Waals surface area contributed by atoms with Crippen molar-refractivity contribution >= 4 is 11.8 Å². The Hall–Kier alpha value is -2.62. The molecule has 2 atom stereocenters. The molecule has 0 aromatic heterocycles. The summed E-state index contributed by atoms with van der Waals surface area (Å²) in [7, 11) is 0. The molecule has 4 nitrogen and oxygen atoms in total. The van der Waals surface area contributed by atoms with E-state index in [0.717, 1.165) is 24.6 Å². The van der Waals surface area contributed by atoms with Crippen LogP contribution < -0.4 is 0 Å². The summed E-state index contributed by atoms with van der Waals surface area (Å²) in [4.78, 5) is 9.74. The average Bonchev–Trinajstić information content (AvgIpc) is 3.12. The molecule has 1 fully saturated rings. The molecule has 2 aromatic rings. The fourth-order valence-electron chi connectivity index (χ4n) is 3.61. The SMILES string of the molecule is c1ccc(C2COC(C3(C4=NC(c5ccccc5)CO4)CC3)=N2)cc1. The second kappa shape index (κ2) is 5.73. The maximum Gasteiger partial charge on any atom is 0.200 e. The topological polar surface area (TPSA) is 43.2 Å². The van der Waals surface area contributed by atoms with Gasteiger partial charge >= 0.3 is 0 Å². The van der Waals surface area contributed by atoms with Crippen LogP contribution in [0.3, 0.4) is 0 Å². The smallest absolute Gasteiger partial charge is 0.200 e. The highest BCUT2D eigenvalue weighted by atomic mass is 16.5. The molecule has 0 saturated heterocycles. The van der Waals surface area contributed by atoms with Crippen molar-refractivity contribution in [2.45, 2.75) is 24.9 Å². The van der Waals surface area contributed by atoms with Crippen molar-refractivity contribution in [3.8, 4) is 0 Å². The number of rotatable bonds is 4. The Morgan fingerprint density at radius 1 is 0.680 bits per heavy atom. The van der Waals surface area contributed by atoms with Crippen molar-refractivity contribution in [1.82, 2.24) is 0 Å². The lowest BCUT2D eigenvalue weighted by Gasteiger charge is -2.13. The molecule has 0 amide bonds. The zero-order valence-electron chi connectivity index (χ0n) is 14.0. The maximum atomic E-state index is 5.99. The van der Waals surface area contributed by atoms with Crippen molar-refractivity contribution in [1.29, 1.82) is 0 Å². The fourth-order valence-corrected chi connectivity index (χ4v) is 3.61. The van der Waals surface area contributed by atoms with E-state index in [1.807, 2.05) is 36.4 Å². The molecule has 2 heterocycles. The number of aliphatic imine (C=N–C) groups is 2. The van der Waals surface area contributed by atoms with Crippen molar-refractivity contribution < 1.29 is 9.47 Å². The third kappa shape index (κ3) is 2.53. The summed E-state index contributed by atoms with van der Waals surface area (Å²) in [5.41, 5.74) is 2.18. The van der Waals surface area contributed by atoms with Gasteiger partial charge in [-0.1, -0.05) is 60.7 Å². The minimum absolute atomic E-state index is 0.0839. The highest BCUT2D eigenvalue weighted by molar-refractivity contribution is 6.09. The minimum atomic E-state index is -0.215. The van der Waals surface area contributed by atoms with E-state index in [1.165, 1.54) is 11.1 Å². The van der Waals surface area contributed by atoms with E-state index in [0.29, 0.717) is 13.2 Å². The number of hydrogen-bond donors (Lipinski definition) is 0. The van der Waals surface area contributed by atoms with Gasteiger partial charge in [0, 0.05) is 0 Å². The normalized spacial score (nSPS) is 26.4. The highest BCUT2D eigenvalue weighted by Gasteiger charge is 2.58. The van der Waals surface area contributed by atoms with Crippen LogP contribution in [0.15, 0.2) is 70.6 Å². The Morgan fingerprint density at radius 3 is 1.52 bits per heavy atom. The predicted octanol–water partition coefficient (Wildman–Crippen LogP) is 4.11. The van der Waals surface area contributed by atoms with E-state index in [-0.39, 0.29) is 17.5 Å². The summed E-state index contributed by atoms with van der Waals surface area (Å²) >= 11 is 0. The first-order valence-corrected chi connectivity index (χ1v) is 8.87. The van der Waals surface area contributed by atoms with Crippen LogP contribution in [0.2, 0.25) is 0 Å². The lowest BCUT2D eigenvalue weighted by atomic mass is 10.1. The van der Waals surface area contributed by atoms with Gasteiger partial charge in [0.15, 0.2) is 11.8 Å². The van der Waals surface area contributed by atoms with Gasteiger partial charge in [-0.15, -0.1) is 0 Å². The van der Waals surface area contributed by atoms with Gasteiger partial charge in [-0.25, -0.2) is 9.98 Å². The molecule has 126 valence electrons. The third-order valence-electron chi connectivity index (χ3n) is 5.24. The maximum absolute atomic E-state index is 5.99. The zero-order valence-corrected chi connectivity index (χ0v) is 14.0. The summed E-state index contributed by atoms with van der Waals surface area (Å²) in [5, 5.41) is 0. The highest BCUT2D eigenvalue weighted by Crippen LogP contribution is 2.52. The molecule has 0 spiro atoms. The van der Waals surface area contributed by atoms with Crippen LogP contribution in [0.1, 0.15) is 36.1 Å². The van der Waals surface area contributed by atoms with Gasteiger partial charge in [-0.3, -0.25) is 0 Å². The van der Waals surface area contributed by atoms with Gasteiger partial charge in [-0.2, -0.15) is 0 Å². The largest absolute Gasteiger partial charge is 0.478 e. The van der Waals surface area contributed by atoms with Crippen molar-refractivity contribution in [3.63, 3.8) is 0 Å². The Morgan fingerprint density at radius 2 is 1.12 bits per heavy atom. The van der Waals surface area contributed by atoms with Crippen LogP contribution in [0.5, 0.6) is 0 Å². The molecule has 2 unspecified atom stereocenters. The summed E-state index contributed by atoms with van der Waals surface area (Å²) < 4.78 is 12.0. The van der Waals surface area contributed by atoms with Crippen LogP contribution in [0.25, 0.3) is 0 Å². The van der Waals surface area contributed by atoms with E-state index in [2.05, 4.69) is 24.3 Å². The van der Waals surface area contributed by atoms with Crippen molar-refractivity contribution in [3.05, 3.63) is 71.8 Å². The van der Waals surface area contributed by atoms with Crippen LogP contribution in [0, 0.1) is 5.41 Å². The van der Waals surface area contributed by atoms with Gasteiger partial charge < -0.3 is 9.47 Å². The summed E-state index contributed by atoms with van der Waals surface area (Å²) in [6, 6.07) is 20.8. The number of hydrogen-bond acceptors (Lipinski definition) is 4. The average molecular weight is 332 g/mol.